The van der Waals surface area contributed by atoms with Crippen LogP contribution in [0.25, 0.3) is 0 Å². The third-order valence-electron chi connectivity index (χ3n) is 3.70. The Hall–Kier alpha value is -1.62. The highest BCUT2D eigenvalue weighted by Gasteiger charge is 2.30. The van der Waals surface area contributed by atoms with Gasteiger partial charge in [0.15, 0.2) is 0 Å². The first-order chi connectivity index (χ1) is 9.77. The van der Waals surface area contributed by atoms with E-state index < -0.39 is 0 Å². The summed E-state index contributed by atoms with van der Waals surface area (Å²) in [5.41, 5.74) is 0.598. The molecule has 1 fully saturated rings. The van der Waals surface area contributed by atoms with Crippen LogP contribution in [0.4, 0.5) is 5.82 Å². The number of carbonyl (C=O) groups excluding carboxylic acids is 1. The third kappa shape index (κ3) is 3.28. The fourth-order valence-electron chi connectivity index (χ4n) is 2.37. The minimum atomic E-state index is -0.0320. The SMILES string of the molecule is CCCNc1ncccc1C(=O)N(CCO)C1CCC1. The predicted molar refractivity (Wildman–Crippen MR) is 78.8 cm³/mol. The van der Waals surface area contributed by atoms with Crippen molar-refractivity contribution in [1.82, 2.24) is 9.88 Å². The minimum Gasteiger partial charge on any atom is -0.395 e. The number of hydrogen-bond acceptors (Lipinski definition) is 4. The molecule has 5 nitrogen and oxygen atoms in total. The number of anilines is 1. The summed E-state index contributed by atoms with van der Waals surface area (Å²) in [7, 11) is 0. The van der Waals surface area contributed by atoms with Gasteiger partial charge in [-0.25, -0.2) is 4.98 Å². The Morgan fingerprint density at radius 2 is 2.35 bits per heavy atom. The van der Waals surface area contributed by atoms with Gasteiger partial charge in [-0.1, -0.05) is 6.92 Å². The first kappa shape index (κ1) is 14.8. The number of pyridine rings is 1. The molecule has 0 unspecified atom stereocenters. The van der Waals surface area contributed by atoms with Gasteiger partial charge in [0.2, 0.25) is 0 Å². The number of carbonyl (C=O) groups is 1. The Labute approximate surface area is 120 Å². The van der Waals surface area contributed by atoms with E-state index in [1.165, 1.54) is 0 Å². The summed E-state index contributed by atoms with van der Waals surface area (Å²) in [6.07, 6.45) is 5.89. The molecule has 0 spiro atoms. The van der Waals surface area contributed by atoms with Crippen molar-refractivity contribution in [2.24, 2.45) is 0 Å². The average molecular weight is 277 g/mol. The van der Waals surface area contributed by atoms with Crippen LogP contribution in [0, 0.1) is 0 Å². The Balaban J connectivity index is 2.17. The summed E-state index contributed by atoms with van der Waals surface area (Å²) in [6, 6.07) is 3.85. The van der Waals surface area contributed by atoms with Gasteiger partial charge in [-0.3, -0.25) is 4.79 Å². The molecule has 0 bridgehead atoms. The van der Waals surface area contributed by atoms with Gasteiger partial charge in [0, 0.05) is 25.3 Å². The molecule has 0 radical (unpaired) electrons. The summed E-state index contributed by atoms with van der Waals surface area (Å²) in [6.45, 7) is 3.26. The van der Waals surface area contributed by atoms with Crippen LogP contribution in [-0.4, -0.2) is 46.6 Å². The van der Waals surface area contributed by atoms with E-state index in [-0.39, 0.29) is 18.6 Å². The summed E-state index contributed by atoms with van der Waals surface area (Å²) in [5, 5.41) is 12.4. The number of nitrogens with zero attached hydrogens (tertiary/aromatic N) is 2. The minimum absolute atomic E-state index is 0.000222. The van der Waals surface area contributed by atoms with E-state index in [0.29, 0.717) is 17.9 Å². The molecule has 1 amide bonds. The van der Waals surface area contributed by atoms with E-state index in [4.69, 9.17) is 0 Å². The molecule has 1 aliphatic rings. The maximum atomic E-state index is 12.7. The Morgan fingerprint density at radius 1 is 1.55 bits per heavy atom. The second-order valence-corrected chi connectivity index (χ2v) is 5.13. The van der Waals surface area contributed by atoms with E-state index in [1.807, 2.05) is 0 Å². The molecule has 2 N–H and O–H groups in total. The van der Waals surface area contributed by atoms with Crippen molar-refractivity contribution in [3.05, 3.63) is 23.9 Å². The van der Waals surface area contributed by atoms with Crippen LogP contribution >= 0.6 is 0 Å². The number of aliphatic hydroxyl groups excluding tert-OH is 1. The molecular weight excluding hydrogens is 254 g/mol. The number of nitrogens with one attached hydrogen (secondary N) is 1. The zero-order valence-corrected chi connectivity index (χ0v) is 12.0. The van der Waals surface area contributed by atoms with Gasteiger partial charge in [0.05, 0.1) is 12.2 Å². The van der Waals surface area contributed by atoms with Crippen molar-refractivity contribution in [3.8, 4) is 0 Å². The lowest BCUT2D eigenvalue weighted by atomic mass is 9.91. The van der Waals surface area contributed by atoms with Gasteiger partial charge in [-0.15, -0.1) is 0 Å². The molecule has 0 aliphatic heterocycles. The zero-order valence-electron chi connectivity index (χ0n) is 12.0. The van der Waals surface area contributed by atoms with Crippen LogP contribution in [0.2, 0.25) is 0 Å². The van der Waals surface area contributed by atoms with E-state index in [1.54, 1.807) is 23.2 Å². The first-order valence-corrected chi connectivity index (χ1v) is 7.38. The number of aromatic nitrogens is 1. The highest BCUT2D eigenvalue weighted by molar-refractivity contribution is 5.99. The summed E-state index contributed by atoms with van der Waals surface area (Å²) in [4.78, 5) is 18.7. The van der Waals surface area contributed by atoms with Gasteiger partial charge >= 0.3 is 0 Å². The van der Waals surface area contributed by atoms with Gasteiger partial charge in [0.1, 0.15) is 5.82 Å². The standard InChI is InChI=1S/C15H23N3O2/c1-2-8-16-14-13(7-4-9-17-14)15(20)18(10-11-19)12-5-3-6-12/h4,7,9,12,19H,2-3,5-6,8,10-11H2,1H3,(H,16,17). The molecular formula is C15H23N3O2. The van der Waals surface area contributed by atoms with E-state index in [9.17, 15) is 9.90 Å². The van der Waals surface area contributed by atoms with Crippen LogP contribution in [0.1, 0.15) is 43.0 Å². The number of amides is 1. The van der Waals surface area contributed by atoms with E-state index in [0.717, 1.165) is 32.2 Å². The van der Waals surface area contributed by atoms with Crippen LogP contribution in [-0.2, 0) is 0 Å². The lowest BCUT2D eigenvalue weighted by Gasteiger charge is -2.37. The van der Waals surface area contributed by atoms with E-state index >= 15 is 0 Å². The van der Waals surface area contributed by atoms with Crippen LogP contribution in [0.5, 0.6) is 0 Å². The quantitative estimate of drug-likeness (QED) is 0.799. The molecule has 1 aliphatic carbocycles. The second-order valence-electron chi connectivity index (χ2n) is 5.13. The molecule has 5 heteroatoms. The summed E-state index contributed by atoms with van der Waals surface area (Å²) >= 11 is 0. The molecule has 1 aromatic rings. The van der Waals surface area contributed by atoms with Crippen molar-refractivity contribution in [3.63, 3.8) is 0 Å². The molecule has 110 valence electrons. The van der Waals surface area contributed by atoms with Gasteiger partial charge in [-0.2, -0.15) is 0 Å². The predicted octanol–water partition coefficient (Wildman–Crippen LogP) is 1.89. The van der Waals surface area contributed by atoms with Crippen LogP contribution in [0.15, 0.2) is 18.3 Å². The van der Waals surface area contributed by atoms with Gasteiger partial charge in [0.25, 0.3) is 5.91 Å². The van der Waals surface area contributed by atoms with Crippen molar-refractivity contribution in [1.29, 1.82) is 0 Å². The largest absolute Gasteiger partial charge is 0.395 e. The molecule has 2 rings (SSSR count). The third-order valence-corrected chi connectivity index (χ3v) is 3.70. The lowest BCUT2D eigenvalue weighted by Crippen LogP contribution is -2.45. The number of hydrogen-bond donors (Lipinski definition) is 2. The lowest BCUT2D eigenvalue weighted by molar-refractivity contribution is 0.0526. The smallest absolute Gasteiger partial charge is 0.257 e. The highest BCUT2D eigenvalue weighted by atomic mass is 16.3. The summed E-state index contributed by atoms with van der Waals surface area (Å²) < 4.78 is 0. The van der Waals surface area contributed by atoms with Crippen molar-refractivity contribution in [2.75, 3.05) is 25.0 Å². The molecule has 1 aromatic heterocycles. The molecule has 0 atom stereocenters. The second kappa shape index (κ2) is 7.24. The van der Waals surface area contributed by atoms with Crippen LogP contribution in [0.3, 0.4) is 0 Å². The molecule has 20 heavy (non-hydrogen) atoms. The maximum absolute atomic E-state index is 12.7. The molecule has 0 saturated heterocycles. The molecule has 1 heterocycles. The highest BCUT2D eigenvalue weighted by Crippen LogP contribution is 2.27. The monoisotopic (exact) mass is 277 g/mol. The van der Waals surface area contributed by atoms with E-state index in [2.05, 4.69) is 17.2 Å². The first-order valence-electron chi connectivity index (χ1n) is 7.38. The Morgan fingerprint density at radius 3 is 2.95 bits per heavy atom. The molecule has 0 aromatic carbocycles. The zero-order chi connectivity index (χ0) is 14.4. The van der Waals surface area contributed by atoms with Gasteiger partial charge in [-0.05, 0) is 37.8 Å². The van der Waals surface area contributed by atoms with Gasteiger partial charge < -0.3 is 15.3 Å². The van der Waals surface area contributed by atoms with Crippen molar-refractivity contribution in [2.45, 2.75) is 38.6 Å². The Bertz CT molecular complexity index is 446. The number of rotatable bonds is 7. The summed E-state index contributed by atoms with van der Waals surface area (Å²) in [5.74, 6) is 0.608. The maximum Gasteiger partial charge on any atom is 0.257 e. The number of aliphatic hydroxyl groups is 1. The average Bonchev–Trinajstić information content (AvgIpc) is 2.42. The normalized spacial score (nSPS) is 14.7. The van der Waals surface area contributed by atoms with Crippen LogP contribution < -0.4 is 5.32 Å². The fourth-order valence-corrected chi connectivity index (χ4v) is 2.37. The Kier molecular flexibility index (Phi) is 5.35. The topological polar surface area (TPSA) is 65.5 Å². The fraction of sp³-hybridized carbons (Fsp3) is 0.600. The molecule has 1 saturated carbocycles. The van der Waals surface area contributed by atoms with Crippen molar-refractivity contribution < 1.29 is 9.90 Å². The van der Waals surface area contributed by atoms with Crippen molar-refractivity contribution >= 4 is 11.7 Å².